The van der Waals surface area contributed by atoms with Gasteiger partial charge in [0.2, 0.25) is 0 Å². The van der Waals surface area contributed by atoms with Gasteiger partial charge in [0.15, 0.2) is 5.78 Å². The molecular weight excluding hydrogens is 248 g/mol. The number of hydrogen-bond acceptors (Lipinski definition) is 3. The highest BCUT2D eigenvalue weighted by Crippen LogP contribution is 2.47. The molecule has 0 amide bonds. The number of Topliss-reactive ketones (excluding diaryl/α,β-unsaturated/α-hetero) is 1. The third kappa shape index (κ3) is 1.55. The minimum absolute atomic E-state index is 0.112. The Morgan fingerprint density at radius 3 is 3.05 bits per heavy atom. The summed E-state index contributed by atoms with van der Waals surface area (Å²) in [6.07, 6.45) is 7.82. The quantitative estimate of drug-likeness (QED) is 0.767. The zero-order valence-corrected chi connectivity index (χ0v) is 12.0. The van der Waals surface area contributed by atoms with Crippen LogP contribution < -0.4 is 10.6 Å². The minimum atomic E-state index is -0.112. The number of dihydropyridines is 1. The van der Waals surface area contributed by atoms with E-state index in [2.05, 4.69) is 29.7 Å². The van der Waals surface area contributed by atoms with Crippen molar-refractivity contribution in [3.8, 4) is 0 Å². The van der Waals surface area contributed by atoms with Crippen molar-refractivity contribution in [1.29, 1.82) is 0 Å². The Balaban J connectivity index is 1.90. The van der Waals surface area contributed by atoms with Gasteiger partial charge in [-0.1, -0.05) is 6.08 Å². The normalized spacial score (nSPS) is 30.9. The summed E-state index contributed by atoms with van der Waals surface area (Å²) in [7, 11) is 0. The lowest BCUT2D eigenvalue weighted by molar-refractivity contribution is -0.118. The van der Waals surface area contributed by atoms with E-state index in [0.29, 0.717) is 5.92 Å². The second-order valence-electron chi connectivity index (χ2n) is 6.28. The first-order chi connectivity index (χ1) is 9.65. The molecule has 0 aromatic rings. The number of rotatable bonds is 1. The number of ketones is 1. The van der Waals surface area contributed by atoms with Crippen molar-refractivity contribution in [1.82, 2.24) is 10.6 Å². The van der Waals surface area contributed by atoms with E-state index in [1.807, 2.05) is 0 Å². The molecule has 20 heavy (non-hydrogen) atoms. The van der Waals surface area contributed by atoms with Crippen LogP contribution in [0.4, 0.5) is 0 Å². The first-order valence-electron chi connectivity index (χ1n) is 7.51. The second-order valence-corrected chi connectivity index (χ2v) is 6.28. The van der Waals surface area contributed by atoms with Gasteiger partial charge in [0.1, 0.15) is 6.04 Å². The van der Waals surface area contributed by atoms with Gasteiger partial charge in [-0.3, -0.25) is 4.79 Å². The number of carbonyl (C=O) groups excluding carboxylic acids is 1. The summed E-state index contributed by atoms with van der Waals surface area (Å²) in [4.78, 5) is 12.0. The highest BCUT2D eigenvalue weighted by molar-refractivity contribution is 5.87. The Labute approximate surface area is 119 Å². The first kappa shape index (κ1) is 12.0. The molecule has 0 aromatic carbocycles. The van der Waals surface area contributed by atoms with Crippen molar-refractivity contribution in [3.63, 3.8) is 0 Å². The van der Waals surface area contributed by atoms with E-state index in [4.69, 9.17) is 0 Å². The number of hydrogen-bond donors (Lipinski definition) is 2. The molecule has 2 atom stereocenters. The Morgan fingerprint density at radius 1 is 1.40 bits per heavy atom. The molecular formula is C17H20N2O. The van der Waals surface area contributed by atoms with Crippen molar-refractivity contribution in [2.75, 3.05) is 6.54 Å². The van der Waals surface area contributed by atoms with Crippen LogP contribution in [-0.4, -0.2) is 18.4 Å². The van der Waals surface area contributed by atoms with Crippen LogP contribution in [0.15, 0.2) is 45.8 Å². The molecule has 2 aliphatic heterocycles. The summed E-state index contributed by atoms with van der Waals surface area (Å²) < 4.78 is 0. The third-order valence-corrected chi connectivity index (χ3v) is 4.93. The van der Waals surface area contributed by atoms with E-state index < -0.39 is 0 Å². The molecule has 0 spiro atoms. The fourth-order valence-electron chi connectivity index (χ4n) is 4.13. The standard InChI is InChI=1S/C17H20N2O/c1-9-6-13-12-4-3-5-15-16(12)11(8-18-15)7-14(13)17(19-9)10(2)20/h5-6,11,17-19H,3-4,7-8H2,1-2H3. The third-order valence-electron chi connectivity index (χ3n) is 4.93. The first-order valence-corrected chi connectivity index (χ1v) is 7.51. The topological polar surface area (TPSA) is 41.1 Å². The van der Waals surface area contributed by atoms with Crippen LogP contribution in [0.1, 0.15) is 33.1 Å². The maximum Gasteiger partial charge on any atom is 0.156 e. The van der Waals surface area contributed by atoms with Crippen molar-refractivity contribution >= 4 is 5.78 Å². The lowest BCUT2D eigenvalue weighted by Crippen LogP contribution is -2.41. The zero-order valence-electron chi connectivity index (χ0n) is 12.0. The van der Waals surface area contributed by atoms with Gasteiger partial charge in [0, 0.05) is 23.9 Å². The minimum Gasteiger partial charge on any atom is -0.384 e. The Morgan fingerprint density at radius 2 is 2.25 bits per heavy atom. The van der Waals surface area contributed by atoms with E-state index >= 15 is 0 Å². The molecule has 1 fully saturated rings. The molecule has 0 bridgehead atoms. The Kier molecular flexibility index (Phi) is 2.47. The molecule has 104 valence electrons. The van der Waals surface area contributed by atoms with Crippen molar-refractivity contribution in [2.45, 2.75) is 39.2 Å². The van der Waals surface area contributed by atoms with Crippen LogP contribution in [0.5, 0.6) is 0 Å². The molecule has 4 rings (SSSR count). The summed E-state index contributed by atoms with van der Waals surface area (Å²) in [5.74, 6) is 0.789. The molecule has 3 heteroatoms. The van der Waals surface area contributed by atoms with Gasteiger partial charge in [-0.15, -0.1) is 0 Å². The Hall–Kier alpha value is -1.77. The largest absolute Gasteiger partial charge is 0.384 e. The van der Waals surface area contributed by atoms with Gasteiger partial charge in [0.25, 0.3) is 0 Å². The van der Waals surface area contributed by atoms with Crippen LogP contribution in [0, 0.1) is 5.92 Å². The van der Waals surface area contributed by atoms with Gasteiger partial charge in [-0.2, -0.15) is 0 Å². The monoisotopic (exact) mass is 268 g/mol. The number of carbonyl (C=O) groups is 1. The van der Waals surface area contributed by atoms with Crippen molar-refractivity contribution < 1.29 is 4.79 Å². The van der Waals surface area contributed by atoms with Crippen molar-refractivity contribution in [3.05, 3.63) is 45.8 Å². The molecule has 1 saturated heterocycles. The summed E-state index contributed by atoms with van der Waals surface area (Å²) >= 11 is 0. The molecule has 0 radical (unpaired) electrons. The van der Waals surface area contributed by atoms with Crippen LogP contribution >= 0.6 is 0 Å². The molecule has 2 aliphatic carbocycles. The second kappa shape index (κ2) is 4.11. The Bertz CT molecular complexity index is 633. The van der Waals surface area contributed by atoms with Crippen LogP contribution in [0.3, 0.4) is 0 Å². The van der Waals surface area contributed by atoms with Crippen LogP contribution in [0.2, 0.25) is 0 Å². The fourth-order valence-corrected chi connectivity index (χ4v) is 4.13. The van der Waals surface area contributed by atoms with E-state index in [1.165, 1.54) is 28.0 Å². The highest BCUT2D eigenvalue weighted by Gasteiger charge is 2.39. The fraction of sp³-hybridized carbons (Fsp3) is 0.471. The van der Waals surface area contributed by atoms with E-state index in [-0.39, 0.29) is 11.8 Å². The highest BCUT2D eigenvalue weighted by atomic mass is 16.1. The smallest absolute Gasteiger partial charge is 0.156 e. The van der Waals surface area contributed by atoms with Crippen molar-refractivity contribution in [2.24, 2.45) is 5.92 Å². The molecule has 2 unspecified atom stereocenters. The summed E-state index contributed by atoms with van der Waals surface area (Å²) in [6, 6.07) is -0.112. The number of allylic oxidation sites excluding steroid dienone is 6. The maximum absolute atomic E-state index is 12.0. The predicted octanol–water partition coefficient (Wildman–Crippen LogP) is 2.35. The van der Waals surface area contributed by atoms with E-state index in [1.54, 1.807) is 6.92 Å². The number of fused-ring (bicyclic) bond motifs is 1. The lowest BCUT2D eigenvalue weighted by Gasteiger charge is -2.36. The average Bonchev–Trinajstić information content (AvgIpc) is 2.84. The lowest BCUT2D eigenvalue weighted by atomic mass is 9.72. The molecule has 0 saturated carbocycles. The molecule has 0 aromatic heterocycles. The van der Waals surface area contributed by atoms with Gasteiger partial charge >= 0.3 is 0 Å². The predicted molar refractivity (Wildman–Crippen MR) is 78.8 cm³/mol. The zero-order chi connectivity index (χ0) is 13.9. The summed E-state index contributed by atoms with van der Waals surface area (Å²) in [6.45, 7) is 4.78. The SMILES string of the molecule is CC(=O)C1NC(C)=CC2=C1CC1CNC3=CCCC2=C31. The number of nitrogens with one attached hydrogen (secondary N) is 2. The van der Waals surface area contributed by atoms with Crippen LogP contribution in [0.25, 0.3) is 0 Å². The maximum atomic E-state index is 12.0. The van der Waals surface area contributed by atoms with E-state index in [9.17, 15) is 4.79 Å². The summed E-state index contributed by atoms with van der Waals surface area (Å²) in [5.41, 5.74) is 8.15. The van der Waals surface area contributed by atoms with E-state index in [0.717, 1.165) is 31.5 Å². The van der Waals surface area contributed by atoms with Gasteiger partial charge in [-0.05, 0) is 61.5 Å². The summed E-state index contributed by atoms with van der Waals surface area (Å²) in [5, 5.41) is 6.91. The van der Waals surface area contributed by atoms with Gasteiger partial charge in [-0.25, -0.2) is 0 Å². The van der Waals surface area contributed by atoms with Gasteiger partial charge < -0.3 is 10.6 Å². The average molecular weight is 268 g/mol. The van der Waals surface area contributed by atoms with Gasteiger partial charge in [0.05, 0.1) is 0 Å². The molecule has 4 aliphatic rings. The van der Waals surface area contributed by atoms with Crippen LogP contribution in [-0.2, 0) is 4.79 Å². The molecule has 3 nitrogen and oxygen atoms in total. The molecule has 2 N–H and O–H groups in total. The molecule has 2 heterocycles.